The predicted molar refractivity (Wildman–Crippen MR) is 61.0 cm³/mol. The number of hydrogen-bond acceptors (Lipinski definition) is 4. The van der Waals surface area contributed by atoms with Gasteiger partial charge in [-0.1, -0.05) is 0 Å². The smallest absolute Gasteiger partial charge is 0.230 e. The summed E-state index contributed by atoms with van der Waals surface area (Å²) in [6, 6.07) is -0.227. The molecule has 0 radical (unpaired) electrons. The van der Waals surface area contributed by atoms with E-state index in [1.165, 1.54) is 0 Å². The molecule has 1 amide bonds. The van der Waals surface area contributed by atoms with Gasteiger partial charge in [-0.2, -0.15) is 0 Å². The summed E-state index contributed by atoms with van der Waals surface area (Å²) >= 11 is 0. The van der Waals surface area contributed by atoms with E-state index in [0.29, 0.717) is 26.4 Å². The molecule has 1 aliphatic heterocycles. The fourth-order valence-electron chi connectivity index (χ4n) is 1.70. The van der Waals surface area contributed by atoms with Crippen LogP contribution >= 0.6 is 0 Å². The zero-order chi connectivity index (χ0) is 12.2. The lowest BCUT2D eigenvalue weighted by Crippen LogP contribution is -2.51. The SMILES string of the molecule is CCOC(C)CNC(=O)C1(C)COCC1N. The van der Waals surface area contributed by atoms with Gasteiger partial charge in [0.25, 0.3) is 0 Å². The molecule has 0 aromatic heterocycles. The van der Waals surface area contributed by atoms with Gasteiger partial charge in [-0.05, 0) is 20.8 Å². The number of amides is 1. The fraction of sp³-hybridized carbons (Fsp3) is 0.909. The molecule has 0 aromatic carbocycles. The van der Waals surface area contributed by atoms with E-state index >= 15 is 0 Å². The van der Waals surface area contributed by atoms with Crippen molar-refractivity contribution in [1.82, 2.24) is 5.32 Å². The summed E-state index contributed by atoms with van der Waals surface area (Å²) in [5, 5.41) is 2.86. The fourth-order valence-corrected chi connectivity index (χ4v) is 1.70. The van der Waals surface area contributed by atoms with Crippen LogP contribution in [0.5, 0.6) is 0 Å². The molecule has 5 nitrogen and oxygen atoms in total. The lowest BCUT2D eigenvalue weighted by molar-refractivity contribution is -0.131. The Hall–Kier alpha value is -0.650. The molecule has 94 valence electrons. The quantitative estimate of drug-likeness (QED) is 0.691. The molecule has 0 saturated carbocycles. The highest BCUT2D eigenvalue weighted by Gasteiger charge is 2.44. The summed E-state index contributed by atoms with van der Waals surface area (Å²) in [5.74, 6) is -0.0518. The molecule has 1 heterocycles. The highest BCUT2D eigenvalue weighted by atomic mass is 16.5. The van der Waals surface area contributed by atoms with Gasteiger partial charge in [0.05, 0.1) is 24.7 Å². The van der Waals surface area contributed by atoms with Crippen molar-refractivity contribution in [3.05, 3.63) is 0 Å². The van der Waals surface area contributed by atoms with Crippen LogP contribution in [-0.2, 0) is 14.3 Å². The molecule has 16 heavy (non-hydrogen) atoms. The minimum Gasteiger partial charge on any atom is -0.379 e. The van der Waals surface area contributed by atoms with Crippen molar-refractivity contribution in [1.29, 1.82) is 0 Å². The lowest BCUT2D eigenvalue weighted by atomic mass is 9.85. The first-order chi connectivity index (χ1) is 7.50. The number of nitrogens with one attached hydrogen (secondary N) is 1. The minimum absolute atomic E-state index is 0.0242. The summed E-state index contributed by atoms with van der Waals surface area (Å²) in [7, 11) is 0. The Morgan fingerprint density at radius 1 is 1.75 bits per heavy atom. The second-order valence-electron chi connectivity index (χ2n) is 4.52. The Bertz CT molecular complexity index is 247. The van der Waals surface area contributed by atoms with E-state index in [2.05, 4.69) is 5.32 Å². The van der Waals surface area contributed by atoms with Crippen molar-refractivity contribution < 1.29 is 14.3 Å². The molecule has 0 spiro atoms. The van der Waals surface area contributed by atoms with Crippen molar-refractivity contribution in [3.8, 4) is 0 Å². The number of ether oxygens (including phenoxy) is 2. The van der Waals surface area contributed by atoms with Crippen LogP contribution in [0, 0.1) is 5.41 Å². The molecule has 0 bridgehead atoms. The summed E-state index contributed by atoms with van der Waals surface area (Å²) in [6.07, 6.45) is 0.0242. The van der Waals surface area contributed by atoms with Crippen LogP contribution in [0.25, 0.3) is 0 Å². The highest BCUT2D eigenvalue weighted by molar-refractivity contribution is 5.83. The summed E-state index contributed by atoms with van der Waals surface area (Å²) in [5.41, 5.74) is 5.26. The molecular formula is C11H22N2O3. The largest absolute Gasteiger partial charge is 0.379 e. The molecule has 0 aliphatic carbocycles. The maximum Gasteiger partial charge on any atom is 0.230 e. The van der Waals surface area contributed by atoms with Gasteiger partial charge in [0, 0.05) is 19.2 Å². The average molecular weight is 230 g/mol. The zero-order valence-electron chi connectivity index (χ0n) is 10.3. The van der Waals surface area contributed by atoms with E-state index in [1.54, 1.807) is 0 Å². The lowest BCUT2D eigenvalue weighted by Gasteiger charge is -2.26. The molecule has 1 fully saturated rings. The molecule has 5 heteroatoms. The Labute approximate surface area is 96.7 Å². The van der Waals surface area contributed by atoms with E-state index in [-0.39, 0.29) is 18.1 Å². The second kappa shape index (κ2) is 5.61. The van der Waals surface area contributed by atoms with E-state index in [9.17, 15) is 4.79 Å². The van der Waals surface area contributed by atoms with Gasteiger partial charge in [-0.25, -0.2) is 0 Å². The van der Waals surface area contributed by atoms with Crippen LogP contribution < -0.4 is 11.1 Å². The first-order valence-electron chi connectivity index (χ1n) is 5.74. The first kappa shape index (κ1) is 13.4. The van der Waals surface area contributed by atoms with Crippen LogP contribution in [0.4, 0.5) is 0 Å². The van der Waals surface area contributed by atoms with Crippen LogP contribution in [-0.4, -0.2) is 44.4 Å². The minimum atomic E-state index is -0.605. The Balaban J connectivity index is 2.40. The molecule has 3 unspecified atom stereocenters. The average Bonchev–Trinajstić information content (AvgIpc) is 2.57. The normalized spacial score (nSPS) is 31.4. The van der Waals surface area contributed by atoms with E-state index in [0.717, 1.165) is 0 Å². The third-order valence-electron chi connectivity index (χ3n) is 3.04. The maximum atomic E-state index is 12.0. The van der Waals surface area contributed by atoms with Gasteiger partial charge >= 0.3 is 0 Å². The van der Waals surface area contributed by atoms with Crippen molar-refractivity contribution >= 4 is 5.91 Å². The molecule has 3 atom stereocenters. The van der Waals surface area contributed by atoms with E-state index in [1.807, 2.05) is 20.8 Å². The Morgan fingerprint density at radius 3 is 2.94 bits per heavy atom. The standard InChI is InChI=1S/C11H22N2O3/c1-4-16-8(2)5-13-10(14)11(3)7-15-6-9(11)12/h8-9H,4-7,12H2,1-3H3,(H,13,14). The van der Waals surface area contributed by atoms with Gasteiger partial charge in [0.15, 0.2) is 0 Å². The summed E-state index contributed by atoms with van der Waals surface area (Å²) in [6.45, 7) is 7.70. The zero-order valence-corrected chi connectivity index (χ0v) is 10.3. The number of nitrogens with two attached hydrogens (primary N) is 1. The highest BCUT2D eigenvalue weighted by Crippen LogP contribution is 2.26. The van der Waals surface area contributed by atoms with Crippen LogP contribution in [0.1, 0.15) is 20.8 Å². The monoisotopic (exact) mass is 230 g/mol. The van der Waals surface area contributed by atoms with Gasteiger partial charge in [-0.3, -0.25) is 4.79 Å². The molecule has 1 saturated heterocycles. The number of rotatable bonds is 5. The molecule has 3 N–H and O–H groups in total. The maximum absolute atomic E-state index is 12.0. The van der Waals surface area contributed by atoms with Crippen LogP contribution in [0.2, 0.25) is 0 Å². The Morgan fingerprint density at radius 2 is 2.44 bits per heavy atom. The van der Waals surface area contributed by atoms with Gasteiger partial charge < -0.3 is 20.5 Å². The number of hydrogen-bond donors (Lipinski definition) is 2. The number of carbonyl (C=O) groups is 1. The van der Waals surface area contributed by atoms with Crippen molar-refractivity contribution in [3.63, 3.8) is 0 Å². The molecular weight excluding hydrogens is 208 g/mol. The summed E-state index contributed by atoms with van der Waals surface area (Å²) < 4.78 is 10.6. The number of carbonyl (C=O) groups excluding carboxylic acids is 1. The van der Waals surface area contributed by atoms with E-state index < -0.39 is 5.41 Å². The summed E-state index contributed by atoms with van der Waals surface area (Å²) in [4.78, 5) is 12.0. The van der Waals surface area contributed by atoms with Gasteiger partial charge in [0.2, 0.25) is 5.91 Å². The van der Waals surface area contributed by atoms with Gasteiger partial charge in [0.1, 0.15) is 0 Å². The first-order valence-corrected chi connectivity index (χ1v) is 5.74. The van der Waals surface area contributed by atoms with Crippen LogP contribution in [0.3, 0.4) is 0 Å². The second-order valence-corrected chi connectivity index (χ2v) is 4.52. The Kier molecular flexibility index (Phi) is 4.70. The van der Waals surface area contributed by atoms with Crippen molar-refractivity contribution in [2.45, 2.75) is 32.9 Å². The molecule has 1 rings (SSSR count). The van der Waals surface area contributed by atoms with E-state index in [4.69, 9.17) is 15.2 Å². The molecule has 0 aromatic rings. The van der Waals surface area contributed by atoms with Crippen molar-refractivity contribution in [2.75, 3.05) is 26.4 Å². The topological polar surface area (TPSA) is 73.6 Å². The predicted octanol–water partition coefficient (Wildman–Crippen LogP) is -0.109. The third kappa shape index (κ3) is 2.93. The third-order valence-corrected chi connectivity index (χ3v) is 3.04. The van der Waals surface area contributed by atoms with Gasteiger partial charge in [-0.15, -0.1) is 0 Å². The molecule has 1 aliphatic rings. The van der Waals surface area contributed by atoms with Crippen LogP contribution in [0.15, 0.2) is 0 Å². The van der Waals surface area contributed by atoms with Crippen molar-refractivity contribution in [2.24, 2.45) is 11.1 Å².